The van der Waals surface area contributed by atoms with E-state index in [1.807, 2.05) is 0 Å². The van der Waals surface area contributed by atoms with Gasteiger partial charge >= 0.3 is 0 Å². The van der Waals surface area contributed by atoms with Crippen LogP contribution in [0.25, 0.3) is 5.57 Å². The fourth-order valence-electron chi connectivity index (χ4n) is 7.31. The van der Waals surface area contributed by atoms with Gasteiger partial charge in [-0.2, -0.15) is 0 Å². The summed E-state index contributed by atoms with van der Waals surface area (Å²) in [5.41, 5.74) is 10.4. The molecule has 44 heavy (non-hydrogen) atoms. The molecule has 4 aliphatic carbocycles. The Kier molecular flexibility index (Phi) is 7.21. The molecule has 0 amide bonds. The maximum Gasteiger partial charge on any atom is 0.0868 e. The summed E-state index contributed by atoms with van der Waals surface area (Å²) in [6, 6.07) is 30.8. The summed E-state index contributed by atoms with van der Waals surface area (Å²) in [6.07, 6.45) is 30.7. The Morgan fingerprint density at radius 3 is 2.25 bits per heavy atom. The van der Waals surface area contributed by atoms with Gasteiger partial charge in [-0.25, -0.2) is 0 Å². The summed E-state index contributed by atoms with van der Waals surface area (Å²) in [5.74, 6) is 1.09. The first-order chi connectivity index (χ1) is 21.8. The molecule has 5 aliphatic rings. The molecule has 1 aliphatic heterocycles. The SMILES string of the molecule is C1=CC2OC3CC(N(C4=CC(c5ccccc5)CC=C4)c4ccc(C5C=CC(c6ccccc6)=CC5)cc4)=CC=C3C2C=C1. The average Bonchev–Trinajstić information content (AvgIpc) is 3.48. The largest absolute Gasteiger partial charge is 0.365 e. The predicted molar refractivity (Wildman–Crippen MR) is 182 cm³/mol. The molecule has 2 nitrogen and oxygen atoms in total. The van der Waals surface area contributed by atoms with E-state index in [4.69, 9.17) is 4.74 Å². The summed E-state index contributed by atoms with van der Waals surface area (Å²) in [7, 11) is 0. The van der Waals surface area contributed by atoms with Gasteiger partial charge in [0.2, 0.25) is 0 Å². The topological polar surface area (TPSA) is 12.5 Å². The Morgan fingerprint density at radius 2 is 1.45 bits per heavy atom. The molecule has 0 bridgehead atoms. The zero-order valence-electron chi connectivity index (χ0n) is 24.9. The van der Waals surface area contributed by atoms with Crippen LogP contribution >= 0.6 is 0 Å². The van der Waals surface area contributed by atoms with Crippen LogP contribution in [-0.4, -0.2) is 12.2 Å². The molecule has 0 N–H and O–H groups in total. The number of fused-ring (bicyclic) bond motifs is 3. The van der Waals surface area contributed by atoms with Crippen LogP contribution in [-0.2, 0) is 4.74 Å². The quantitative estimate of drug-likeness (QED) is 0.292. The van der Waals surface area contributed by atoms with Crippen molar-refractivity contribution in [3.05, 3.63) is 191 Å². The normalized spacial score (nSPS) is 26.7. The lowest BCUT2D eigenvalue weighted by atomic mass is 9.86. The molecule has 0 saturated carbocycles. The number of nitrogens with zero attached hydrogens (tertiary/aromatic N) is 1. The Bertz CT molecular complexity index is 1760. The minimum absolute atomic E-state index is 0.107. The molecule has 1 saturated heterocycles. The van der Waals surface area contributed by atoms with E-state index >= 15 is 0 Å². The first kappa shape index (κ1) is 26.9. The van der Waals surface area contributed by atoms with Crippen molar-refractivity contribution in [1.82, 2.24) is 0 Å². The lowest BCUT2D eigenvalue weighted by molar-refractivity contribution is 0.0721. The third-order valence-electron chi connectivity index (χ3n) is 9.64. The van der Waals surface area contributed by atoms with Gasteiger partial charge in [-0.15, -0.1) is 0 Å². The Morgan fingerprint density at radius 1 is 0.682 bits per heavy atom. The van der Waals surface area contributed by atoms with Crippen molar-refractivity contribution < 1.29 is 4.74 Å². The maximum absolute atomic E-state index is 6.58. The van der Waals surface area contributed by atoms with Gasteiger partial charge in [0.25, 0.3) is 0 Å². The van der Waals surface area contributed by atoms with Crippen LogP contribution in [0.5, 0.6) is 0 Å². The van der Waals surface area contributed by atoms with Crippen LogP contribution < -0.4 is 4.90 Å². The van der Waals surface area contributed by atoms with E-state index < -0.39 is 0 Å². The zero-order valence-corrected chi connectivity index (χ0v) is 24.9. The van der Waals surface area contributed by atoms with Crippen molar-refractivity contribution in [2.45, 2.75) is 43.3 Å². The van der Waals surface area contributed by atoms with E-state index in [1.54, 1.807) is 0 Å². The third kappa shape index (κ3) is 5.20. The summed E-state index contributed by atoms with van der Waals surface area (Å²) in [5, 5.41) is 0. The predicted octanol–water partition coefficient (Wildman–Crippen LogP) is 9.97. The molecular formula is C42H37NO. The summed E-state index contributed by atoms with van der Waals surface area (Å²) in [4.78, 5) is 2.46. The molecule has 216 valence electrons. The Hall–Kier alpha value is -4.66. The fourth-order valence-corrected chi connectivity index (χ4v) is 7.31. The number of ether oxygens (including phenoxy) is 1. The van der Waals surface area contributed by atoms with Crippen LogP contribution in [0.15, 0.2) is 175 Å². The first-order valence-electron chi connectivity index (χ1n) is 16.0. The molecule has 8 rings (SSSR count). The van der Waals surface area contributed by atoms with Crippen LogP contribution in [0.1, 0.15) is 47.8 Å². The highest BCUT2D eigenvalue weighted by atomic mass is 16.5. The van der Waals surface area contributed by atoms with Gasteiger partial charge in [0, 0.05) is 41.3 Å². The van der Waals surface area contributed by atoms with E-state index in [0.29, 0.717) is 17.8 Å². The van der Waals surface area contributed by atoms with Crippen LogP contribution in [0.3, 0.4) is 0 Å². The second-order valence-electron chi connectivity index (χ2n) is 12.3. The van der Waals surface area contributed by atoms with E-state index in [9.17, 15) is 0 Å². The van der Waals surface area contributed by atoms with Crippen LogP contribution in [0.4, 0.5) is 5.69 Å². The zero-order chi connectivity index (χ0) is 29.3. The standard InChI is InChI=1S/C42H37NO/c1-3-10-30(11-4-1)32-18-20-33(21-19-32)34-22-24-36(25-23-34)43(37-15-9-14-35(28-37)31-12-5-2-6-13-31)38-26-27-40-39-16-7-8-17-41(39)44-42(40)29-38/h1-13,15-20,22-28,33,35,39,41-42H,14,21,29H2. The molecule has 1 fully saturated rings. The van der Waals surface area contributed by atoms with Crippen molar-refractivity contribution >= 4 is 11.3 Å². The molecule has 3 aromatic rings. The number of benzene rings is 3. The first-order valence-corrected chi connectivity index (χ1v) is 16.0. The summed E-state index contributed by atoms with van der Waals surface area (Å²) < 4.78 is 6.58. The smallest absolute Gasteiger partial charge is 0.0868 e. The maximum atomic E-state index is 6.58. The van der Waals surface area contributed by atoms with Gasteiger partial charge in [-0.3, -0.25) is 0 Å². The van der Waals surface area contributed by atoms with Gasteiger partial charge in [0.1, 0.15) is 0 Å². The van der Waals surface area contributed by atoms with Crippen LogP contribution in [0.2, 0.25) is 0 Å². The van der Waals surface area contributed by atoms with Crippen molar-refractivity contribution in [3.63, 3.8) is 0 Å². The lowest BCUT2D eigenvalue weighted by Gasteiger charge is -2.34. The Balaban J connectivity index is 1.10. The van der Waals surface area contributed by atoms with Gasteiger partial charge < -0.3 is 9.64 Å². The lowest BCUT2D eigenvalue weighted by Crippen LogP contribution is -2.27. The number of allylic oxidation sites excluding steroid dienone is 11. The van der Waals surface area contributed by atoms with E-state index in [0.717, 1.165) is 19.3 Å². The van der Waals surface area contributed by atoms with Gasteiger partial charge in [0.05, 0.1) is 12.2 Å². The van der Waals surface area contributed by atoms with Crippen molar-refractivity contribution in [3.8, 4) is 0 Å². The molecule has 0 radical (unpaired) electrons. The van der Waals surface area contributed by atoms with E-state index in [1.165, 1.54) is 44.9 Å². The molecule has 2 heteroatoms. The molecule has 3 aromatic carbocycles. The molecule has 0 spiro atoms. The third-order valence-corrected chi connectivity index (χ3v) is 9.64. The van der Waals surface area contributed by atoms with Gasteiger partial charge in [-0.1, -0.05) is 134 Å². The fraction of sp³-hybridized carbons (Fsp3) is 0.190. The summed E-state index contributed by atoms with van der Waals surface area (Å²) in [6.45, 7) is 0. The highest BCUT2D eigenvalue weighted by Gasteiger charge is 2.40. The molecular weight excluding hydrogens is 534 g/mol. The van der Waals surface area contributed by atoms with Crippen LogP contribution in [0, 0.1) is 5.92 Å². The number of hydrogen-bond acceptors (Lipinski definition) is 2. The minimum atomic E-state index is 0.107. The Labute approximate surface area is 261 Å². The number of hydrogen-bond donors (Lipinski definition) is 0. The van der Waals surface area contributed by atoms with Crippen molar-refractivity contribution in [2.24, 2.45) is 5.92 Å². The van der Waals surface area contributed by atoms with E-state index in [-0.39, 0.29) is 12.2 Å². The van der Waals surface area contributed by atoms with Crippen molar-refractivity contribution in [2.75, 3.05) is 4.90 Å². The highest BCUT2D eigenvalue weighted by Crippen LogP contribution is 2.43. The second-order valence-corrected chi connectivity index (χ2v) is 12.3. The average molecular weight is 572 g/mol. The number of rotatable bonds is 6. The van der Waals surface area contributed by atoms with Gasteiger partial charge in [0.15, 0.2) is 0 Å². The van der Waals surface area contributed by atoms with Gasteiger partial charge in [-0.05, 0) is 65.0 Å². The minimum Gasteiger partial charge on any atom is -0.365 e. The number of anilines is 1. The molecule has 0 aromatic heterocycles. The molecule has 5 atom stereocenters. The van der Waals surface area contributed by atoms with E-state index in [2.05, 4.69) is 163 Å². The monoisotopic (exact) mass is 571 g/mol. The molecule has 1 heterocycles. The molecule has 5 unspecified atom stereocenters. The second kappa shape index (κ2) is 11.8. The summed E-state index contributed by atoms with van der Waals surface area (Å²) >= 11 is 0. The van der Waals surface area contributed by atoms with Crippen molar-refractivity contribution in [1.29, 1.82) is 0 Å². The highest BCUT2D eigenvalue weighted by molar-refractivity contribution is 5.75.